The molecule has 4 aromatic carbocycles. The third-order valence-electron chi connectivity index (χ3n) is 9.44. The summed E-state index contributed by atoms with van der Waals surface area (Å²) in [4.78, 5) is 0. The average Bonchev–Trinajstić information content (AvgIpc) is 3.07. The maximum atomic E-state index is 13.7. The van der Waals surface area contributed by atoms with Crippen LogP contribution in [0.25, 0.3) is 0 Å². The molecule has 0 saturated carbocycles. The zero-order valence-electron chi connectivity index (χ0n) is 30.0. The van der Waals surface area contributed by atoms with Crippen molar-refractivity contribution in [2.24, 2.45) is 0 Å². The van der Waals surface area contributed by atoms with Gasteiger partial charge in [0.25, 0.3) is 0 Å². The van der Waals surface area contributed by atoms with Crippen LogP contribution < -0.4 is 18.5 Å². The lowest BCUT2D eigenvalue weighted by Crippen LogP contribution is -2.32. The van der Waals surface area contributed by atoms with E-state index in [-0.39, 0.29) is 5.41 Å². The summed E-state index contributed by atoms with van der Waals surface area (Å²) in [6.45, 7) is 20.0. The molecule has 4 rings (SSSR count). The van der Waals surface area contributed by atoms with E-state index in [0.29, 0.717) is 30.8 Å². The van der Waals surface area contributed by atoms with Gasteiger partial charge >= 0.3 is 26.7 Å². The van der Waals surface area contributed by atoms with Crippen LogP contribution in [-0.4, -0.2) is 10.7 Å². The smallest absolute Gasteiger partial charge is 0.441 e. The highest BCUT2D eigenvalue weighted by Gasteiger charge is 2.53. The fourth-order valence-electron chi connectivity index (χ4n) is 5.66. The van der Waals surface area contributed by atoms with Gasteiger partial charge in [-0.25, -0.2) is 0 Å². The number of hydrogen-bond acceptors (Lipinski definition) is 6. The lowest BCUT2D eigenvalue weighted by molar-refractivity contribution is 0.133. The molecule has 0 amide bonds. The molecule has 0 saturated heterocycles. The maximum absolute atomic E-state index is 13.7. The Bertz CT molecular complexity index is 1700. The van der Waals surface area contributed by atoms with Gasteiger partial charge in [-0.2, -0.15) is 0 Å². The summed E-state index contributed by atoms with van der Waals surface area (Å²) in [6, 6.07) is 27.4. The van der Waals surface area contributed by atoms with Crippen LogP contribution in [-0.2, 0) is 14.5 Å². The molecule has 0 aliphatic heterocycles. The largest absolute Gasteiger partial charge is 0.604 e. The summed E-state index contributed by atoms with van der Waals surface area (Å²) in [5.74, 6) is 2.56. The Balaban J connectivity index is 1.45. The molecule has 0 fully saturated rings. The SMILES string of the molecule is CCC(C)(Oc1c(C)cccc1C)[P+](=O)Oc1ccc(C(C)(C)c2ccc(O[P+](=O)C(CC)(CC)Oc3c(C)cccc3C)cc2)cc1. The summed E-state index contributed by atoms with van der Waals surface area (Å²) in [6.07, 6.45) is 1.61. The van der Waals surface area contributed by atoms with Crippen molar-refractivity contribution in [1.82, 2.24) is 0 Å². The van der Waals surface area contributed by atoms with Crippen molar-refractivity contribution in [2.75, 3.05) is 0 Å². The molecule has 0 N–H and O–H groups in total. The number of hydrogen-bond donors (Lipinski definition) is 0. The molecule has 0 aromatic heterocycles. The van der Waals surface area contributed by atoms with Crippen molar-refractivity contribution >= 4 is 16.1 Å². The third kappa shape index (κ3) is 7.94. The number of benzene rings is 4. The second-order valence-electron chi connectivity index (χ2n) is 13.2. The second-order valence-corrected chi connectivity index (χ2v) is 16.4. The number of aryl methyl sites for hydroxylation is 4. The van der Waals surface area contributed by atoms with E-state index in [1.807, 2.05) is 140 Å². The van der Waals surface area contributed by atoms with Gasteiger partial charge in [-0.3, -0.25) is 9.05 Å². The minimum absolute atomic E-state index is 0.354. The number of para-hydroxylation sites is 2. The Morgan fingerprint density at radius 1 is 0.521 bits per heavy atom. The van der Waals surface area contributed by atoms with Crippen molar-refractivity contribution in [1.29, 1.82) is 0 Å². The molecule has 48 heavy (non-hydrogen) atoms. The van der Waals surface area contributed by atoms with E-state index >= 15 is 0 Å². The first-order chi connectivity index (χ1) is 22.7. The highest BCUT2D eigenvalue weighted by Crippen LogP contribution is 2.49. The molecule has 0 aliphatic rings. The van der Waals surface area contributed by atoms with Gasteiger partial charge < -0.3 is 9.47 Å². The molecule has 3 unspecified atom stereocenters. The van der Waals surface area contributed by atoms with Crippen LogP contribution >= 0.6 is 16.1 Å². The van der Waals surface area contributed by atoms with E-state index in [0.717, 1.165) is 44.9 Å². The standard InChI is InChI=1S/C40H50O6P2/c1-11-39(10,43-36-28(4)16-14-17-29(36)5)47(41)45-34-24-20-32(21-25-34)38(8,9)33-22-26-35(27-23-33)46-48(42)40(12-2,13-3)44-37-30(6)18-15-19-31(37)7/h14-27H,11-13H2,1-10H3/q+2. The van der Waals surface area contributed by atoms with Crippen LogP contribution in [0.3, 0.4) is 0 Å². The lowest BCUT2D eigenvalue weighted by Gasteiger charge is -2.26. The summed E-state index contributed by atoms with van der Waals surface area (Å²) in [7, 11) is -4.39. The fraction of sp³-hybridized carbons (Fsp3) is 0.400. The second kappa shape index (κ2) is 15.2. The minimum atomic E-state index is -2.19. The Kier molecular flexibility index (Phi) is 11.8. The van der Waals surface area contributed by atoms with Crippen LogP contribution in [0.2, 0.25) is 0 Å². The molecular weight excluding hydrogens is 638 g/mol. The molecule has 0 radical (unpaired) electrons. The van der Waals surface area contributed by atoms with Crippen LogP contribution in [0, 0.1) is 27.7 Å². The monoisotopic (exact) mass is 688 g/mol. The quantitative estimate of drug-likeness (QED) is 0.116. The van der Waals surface area contributed by atoms with Gasteiger partial charge in [0.15, 0.2) is 11.5 Å². The molecule has 0 aliphatic carbocycles. The van der Waals surface area contributed by atoms with Gasteiger partial charge in [-0.15, -0.1) is 0 Å². The zero-order chi connectivity index (χ0) is 35.3. The van der Waals surface area contributed by atoms with Crippen LogP contribution in [0.5, 0.6) is 23.0 Å². The molecular formula is C40H50O6P2+2. The summed E-state index contributed by atoms with van der Waals surface area (Å²) < 4.78 is 52.0. The van der Waals surface area contributed by atoms with Gasteiger partial charge in [0.2, 0.25) is 0 Å². The first kappa shape index (κ1) is 37.1. The average molecular weight is 689 g/mol. The van der Waals surface area contributed by atoms with Gasteiger partial charge in [-0.05, 0) is 94.5 Å². The molecule has 254 valence electrons. The number of rotatable bonds is 15. The predicted molar refractivity (Wildman–Crippen MR) is 197 cm³/mol. The van der Waals surface area contributed by atoms with Crippen molar-refractivity contribution < 1.29 is 27.7 Å². The van der Waals surface area contributed by atoms with E-state index in [1.165, 1.54) is 0 Å². The Morgan fingerprint density at radius 3 is 1.27 bits per heavy atom. The van der Waals surface area contributed by atoms with Crippen molar-refractivity contribution in [3.63, 3.8) is 0 Å². The van der Waals surface area contributed by atoms with Crippen molar-refractivity contribution in [3.05, 3.63) is 118 Å². The van der Waals surface area contributed by atoms with Crippen LogP contribution in [0.15, 0.2) is 84.9 Å². The topological polar surface area (TPSA) is 71.1 Å². The summed E-state index contributed by atoms with van der Waals surface area (Å²) in [5, 5.41) is -1.93. The van der Waals surface area contributed by atoms with Gasteiger partial charge in [0.05, 0.1) is 0 Å². The zero-order valence-corrected chi connectivity index (χ0v) is 31.8. The molecule has 0 spiro atoms. The van der Waals surface area contributed by atoms with Gasteiger partial charge in [0.1, 0.15) is 11.5 Å². The Labute approximate surface area is 288 Å². The lowest BCUT2D eigenvalue weighted by atomic mass is 9.78. The van der Waals surface area contributed by atoms with E-state index in [4.69, 9.17) is 18.5 Å². The molecule has 0 heterocycles. The van der Waals surface area contributed by atoms with E-state index < -0.39 is 26.7 Å². The highest BCUT2D eigenvalue weighted by molar-refractivity contribution is 7.41. The molecule has 3 atom stereocenters. The number of ether oxygens (including phenoxy) is 2. The van der Waals surface area contributed by atoms with Crippen molar-refractivity contribution in [2.45, 2.75) is 105 Å². The van der Waals surface area contributed by atoms with E-state index in [1.54, 1.807) is 0 Å². The third-order valence-corrected chi connectivity index (χ3v) is 12.8. The minimum Gasteiger partial charge on any atom is -0.441 e. The van der Waals surface area contributed by atoms with Gasteiger partial charge in [0, 0.05) is 31.6 Å². The fourth-order valence-corrected chi connectivity index (χ4v) is 7.75. The van der Waals surface area contributed by atoms with Gasteiger partial charge in [-0.1, -0.05) is 95.3 Å². The van der Waals surface area contributed by atoms with Crippen LogP contribution in [0.1, 0.15) is 94.2 Å². The molecule has 6 nitrogen and oxygen atoms in total. The molecule has 0 bridgehead atoms. The molecule has 4 aromatic rings. The predicted octanol–water partition coefficient (Wildman–Crippen LogP) is 12.3. The van der Waals surface area contributed by atoms with E-state index in [9.17, 15) is 9.13 Å². The first-order valence-corrected chi connectivity index (χ1v) is 19.1. The van der Waals surface area contributed by atoms with Crippen LogP contribution in [0.4, 0.5) is 0 Å². The van der Waals surface area contributed by atoms with Crippen molar-refractivity contribution in [3.8, 4) is 23.0 Å². The highest BCUT2D eigenvalue weighted by atomic mass is 31.1. The maximum Gasteiger partial charge on any atom is 0.604 e. The Hall–Kier alpha value is -3.72. The summed E-state index contributed by atoms with van der Waals surface area (Å²) in [5.41, 5.74) is 5.78. The Morgan fingerprint density at radius 2 is 0.896 bits per heavy atom. The van der Waals surface area contributed by atoms with E-state index in [2.05, 4.69) is 13.8 Å². The normalized spacial score (nSPS) is 13.7. The first-order valence-electron chi connectivity index (χ1n) is 16.7. The molecule has 8 heteroatoms. The summed E-state index contributed by atoms with van der Waals surface area (Å²) >= 11 is 0.